The number of hydrogen-bond donors (Lipinski definition) is 2. The third-order valence-electron chi connectivity index (χ3n) is 2.97. The second kappa shape index (κ2) is 7.30. The quantitative estimate of drug-likeness (QED) is 0.565. The van der Waals surface area contributed by atoms with E-state index >= 15 is 0 Å². The van der Waals surface area contributed by atoms with Crippen LogP contribution in [0.15, 0.2) is 24.3 Å². The summed E-state index contributed by atoms with van der Waals surface area (Å²) in [5.74, 6) is 7.25. The normalized spacial score (nSPS) is 12.8. The molecule has 1 aromatic carbocycles. The predicted octanol–water partition coefficient (Wildman–Crippen LogP) is 3.03. The molecule has 0 saturated heterocycles. The molecule has 0 bridgehead atoms. The van der Waals surface area contributed by atoms with E-state index < -0.39 is 0 Å². The van der Waals surface area contributed by atoms with Crippen LogP contribution in [-0.2, 0) is 0 Å². The number of ether oxygens (including phenoxy) is 1. The van der Waals surface area contributed by atoms with Crippen LogP contribution in [0.3, 0.4) is 0 Å². The average Bonchev–Trinajstić information content (AvgIpc) is 2.34. The van der Waals surface area contributed by atoms with Gasteiger partial charge in [0.25, 0.3) is 0 Å². The third-order valence-corrected chi connectivity index (χ3v) is 2.97. The first-order chi connectivity index (χ1) is 8.17. The topological polar surface area (TPSA) is 47.3 Å². The number of methoxy groups -OCH3 is 1. The molecule has 0 aliphatic rings. The van der Waals surface area contributed by atoms with Crippen molar-refractivity contribution in [2.75, 3.05) is 7.11 Å². The Balaban J connectivity index is 2.59. The van der Waals surface area contributed by atoms with Crippen molar-refractivity contribution in [3.63, 3.8) is 0 Å². The van der Waals surface area contributed by atoms with Crippen LogP contribution in [0.2, 0.25) is 0 Å². The molecule has 0 fully saturated rings. The zero-order chi connectivity index (χ0) is 12.7. The minimum absolute atomic E-state index is 0.212. The maximum atomic E-state index is 5.62. The highest BCUT2D eigenvalue weighted by Gasteiger charge is 2.10. The van der Waals surface area contributed by atoms with Gasteiger partial charge in [-0.3, -0.25) is 11.3 Å². The van der Waals surface area contributed by atoms with Crippen molar-refractivity contribution in [2.45, 2.75) is 39.2 Å². The largest absolute Gasteiger partial charge is 0.497 e. The van der Waals surface area contributed by atoms with Crippen molar-refractivity contribution >= 4 is 0 Å². The molecule has 1 rings (SSSR count). The molecule has 3 heteroatoms. The molecule has 3 nitrogen and oxygen atoms in total. The van der Waals surface area contributed by atoms with Gasteiger partial charge in [0.15, 0.2) is 0 Å². The molecule has 0 radical (unpaired) electrons. The van der Waals surface area contributed by atoms with Gasteiger partial charge in [-0.2, -0.15) is 0 Å². The third kappa shape index (κ3) is 4.75. The van der Waals surface area contributed by atoms with Crippen LogP contribution in [0.5, 0.6) is 5.75 Å². The Morgan fingerprint density at radius 3 is 2.65 bits per heavy atom. The van der Waals surface area contributed by atoms with E-state index in [2.05, 4.69) is 25.3 Å². The SMILES string of the molecule is COc1cccc(C(CCCC(C)C)NN)c1. The molecule has 17 heavy (non-hydrogen) atoms. The van der Waals surface area contributed by atoms with Crippen molar-refractivity contribution in [3.8, 4) is 5.75 Å². The lowest BCUT2D eigenvalue weighted by molar-refractivity contribution is 0.411. The molecule has 0 aliphatic heterocycles. The Hall–Kier alpha value is -1.06. The van der Waals surface area contributed by atoms with Crippen LogP contribution in [-0.4, -0.2) is 7.11 Å². The molecule has 1 atom stereocenters. The first-order valence-electron chi connectivity index (χ1n) is 6.27. The van der Waals surface area contributed by atoms with Gasteiger partial charge in [0.1, 0.15) is 5.75 Å². The van der Waals surface area contributed by atoms with E-state index in [0.717, 1.165) is 18.1 Å². The van der Waals surface area contributed by atoms with Crippen LogP contribution in [0.25, 0.3) is 0 Å². The molecule has 1 aromatic rings. The Morgan fingerprint density at radius 1 is 1.29 bits per heavy atom. The van der Waals surface area contributed by atoms with E-state index in [1.54, 1.807) is 7.11 Å². The van der Waals surface area contributed by atoms with Crippen LogP contribution >= 0.6 is 0 Å². The Morgan fingerprint density at radius 2 is 2.06 bits per heavy atom. The summed E-state index contributed by atoms with van der Waals surface area (Å²) in [4.78, 5) is 0. The summed E-state index contributed by atoms with van der Waals surface area (Å²) in [7, 11) is 1.68. The molecule has 1 unspecified atom stereocenters. The van der Waals surface area contributed by atoms with Crippen molar-refractivity contribution in [1.29, 1.82) is 0 Å². The van der Waals surface area contributed by atoms with Crippen molar-refractivity contribution in [1.82, 2.24) is 5.43 Å². The average molecular weight is 236 g/mol. The second-order valence-electron chi connectivity index (χ2n) is 4.82. The number of hydrogen-bond acceptors (Lipinski definition) is 3. The van der Waals surface area contributed by atoms with Gasteiger partial charge in [-0.25, -0.2) is 0 Å². The highest BCUT2D eigenvalue weighted by Crippen LogP contribution is 2.23. The van der Waals surface area contributed by atoms with Gasteiger partial charge >= 0.3 is 0 Å². The van der Waals surface area contributed by atoms with E-state index in [1.807, 2.05) is 18.2 Å². The molecule has 0 saturated carbocycles. The Labute approximate surface area is 104 Å². The van der Waals surface area contributed by atoms with E-state index in [9.17, 15) is 0 Å². The van der Waals surface area contributed by atoms with E-state index in [0.29, 0.717) is 0 Å². The van der Waals surface area contributed by atoms with Gasteiger partial charge in [0.05, 0.1) is 7.11 Å². The van der Waals surface area contributed by atoms with E-state index in [1.165, 1.54) is 18.4 Å². The molecule has 0 spiro atoms. The summed E-state index contributed by atoms with van der Waals surface area (Å²) in [6.45, 7) is 4.49. The van der Waals surface area contributed by atoms with Crippen molar-refractivity contribution in [2.24, 2.45) is 11.8 Å². The summed E-state index contributed by atoms with van der Waals surface area (Å²) in [6, 6.07) is 8.29. The summed E-state index contributed by atoms with van der Waals surface area (Å²) in [5, 5.41) is 0. The zero-order valence-corrected chi connectivity index (χ0v) is 11.1. The van der Waals surface area contributed by atoms with Gasteiger partial charge in [-0.15, -0.1) is 0 Å². The van der Waals surface area contributed by atoms with Crippen molar-refractivity contribution in [3.05, 3.63) is 29.8 Å². The number of nitrogens with one attached hydrogen (secondary N) is 1. The number of benzene rings is 1. The fourth-order valence-corrected chi connectivity index (χ4v) is 1.93. The molecule has 0 aromatic heterocycles. The van der Waals surface area contributed by atoms with Gasteiger partial charge in [0.2, 0.25) is 0 Å². The molecule has 0 heterocycles. The number of nitrogens with two attached hydrogens (primary N) is 1. The van der Waals surface area contributed by atoms with Crippen molar-refractivity contribution < 1.29 is 4.74 Å². The monoisotopic (exact) mass is 236 g/mol. The standard InChI is InChI=1S/C14H24N2O/c1-11(2)6-4-9-14(16-15)12-7-5-8-13(10-12)17-3/h5,7-8,10-11,14,16H,4,6,9,15H2,1-3H3. The van der Waals surface area contributed by atoms with E-state index in [-0.39, 0.29) is 6.04 Å². The lowest BCUT2D eigenvalue weighted by Gasteiger charge is -2.17. The van der Waals surface area contributed by atoms with Gasteiger partial charge in [0, 0.05) is 6.04 Å². The highest BCUT2D eigenvalue weighted by molar-refractivity contribution is 5.30. The Bertz CT molecular complexity index is 326. The van der Waals surface area contributed by atoms with Gasteiger partial charge < -0.3 is 4.74 Å². The minimum atomic E-state index is 0.212. The number of hydrazine groups is 1. The molecule has 0 aliphatic carbocycles. The lowest BCUT2D eigenvalue weighted by Crippen LogP contribution is -2.28. The maximum Gasteiger partial charge on any atom is 0.119 e. The zero-order valence-electron chi connectivity index (χ0n) is 11.1. The smallest absolute Gasteiger partial charge is 0.119 e. The van der Waals surface area contributed by atoms with Crippen LogP contribution in [0.1, 0.15) is 44.7 Å². The minimum Gasteiger partial charge on any atom is -0.497 e. The molecular formula is C14H24N2O. The molecular weight excluding hydrogens is 212 g/mol. The van der Waals surface area contributed by atoms with E-state index in [4.69, 9.17) is 10.6 Å². The number of rotatable bonds is 7. The molecule has 0 amide bonds. The highest BCUT2D eigenvalue weighted by atomic mass is 16.5. The summed E-state index contributed by atoms with van der Waals surface area (Å²) in [5.41, 5.74) is 4.08. The molecule has 96 valence electrons. The van der Waals surface area contributed by atoms with Crippen LogP contribution in [0, 0.1) is 5.92 Å². The van der Waals surface area contributed by atoms with Gasteiger partial charge in [-0.1, -0.05) is 38.8 Å². The van der Waals surface area contributed by atoms with Crippen LogP contribution in [0.4, 0.5) is 0 Å². The molecule has 3 N–H and O–H groups in total. The van der Waals surface area contributed by atoms with Gasteiger partial charge in [-0.05, 0) is 30.0 Å². The summed E-state index contributed by atoms with van der Waals surface area (Å²) < 4.78 is 5.22. The fraction of sp³-hybridized carbons (Fsp3) is 0.571. The Kier molecular flexibility index (Phi) is 6.01. The fourth-order valence-electron chi connectivity index (χ4n) is 1.93. The predicted molar refractivity (Wildman–Crippen MR) is 71.7 cm³/mol. The first-order valence-corrected chi connectivity index (χ1v) is 6.27. The maximum absolute atomic E-state index is 5.62. The summed E-state index contributed by atoms with van der Waals surface area (Å²) in [6.07, 6.45) is 3.48. The summed E-state index contributed by atoms with van der Waals surface area (Å²) >= 11 is 0. The lowest BCUT2D eigenvalue weighted by atomic mass is 9.98. The van der Waals surface area contributed by atoms with Crippen LogP contribution < -0.4 is 16.0 Å². The first kappa shape index (κ1) is 14.0. The second-order valence-corrected chi connectivity index (χ2v) is 4.82.